The summed E-state index contributed by atoms with van der Waals surface area (Å²) in [5.41, 5.74) is 0.394. The van der Waals surface area contributed by atoms with Gasteiger partial charge >= 0.3 is 0 Å². The summed E-state index contributed by atoms with van der Waals surface area (Å²) < 4.78 is 27.2. The third-order valence-electron chi connectivity index (χ3n) is 3.55. The summed E-state index contributed by atoms with van der Waals surface area (Å²) in [6, 6.07) is 6.05. The standard InChI is InChI=1S/C16H26N2O3S/c1-5-7-11-18(4)16(19)14-9-8-10-15(12-14)22(20,21)17-13(3)6-2/h8-10,12-13,17H,5-7,11H2,1-4H3. The van der Waals surface area contributed by atoms with Gasteiger partial charge in [0.05, 0.1) is 4.90 Å². The largest absolute Gasteiger partial charge is 0.342 e. The van der Waals surface area contributed by atoms with E-state index in [0.717, 1.165) is 12.8 Å². The molecule has 6 heteroatoms. The lowest BCUT2D eigenvalue weighted by molar-refractivity contribution is 0.0793. The van der Waals surface area contributed by atoms with Gasteiger partial charge in [0, 0.05) is 25.2 Å². The number of carbonyl (C=O) groups is 1. The molecule has 0 aromatic heterocycles. The van der Waals surface area contributed by atoms with E-state index in [2.05, 4.69) is 11.6 Å². The predicted molar refractivity (Wildman–Crippen MR) is 88.4 cm³/mol. The first-order valence-electron chi connectivity index (χ1n) is 7.69. The summed E-state index contributed by atoms with van der Waals surface area (Å²) in [4.78, 5) is 14.1. The van der Waals surface area contributed by atoms with Crippen molar-refractivity contribution in [2.24, 2.45) is 0 Å². The topological polar surface area (TPSA) is 66.5 Å². The number of benzene rings is 1. The van der Waals surface area contributed by atoms with Crippen LogP contribution in [0.2, 0.25) is 0 Å². The van der Waals surface area contributed by atoms with Crippen LogP contribution in [0.5, 0.6) is 0 Å². The van der Waals surface area contributed by atoms with Crippen molar-refractivity contribution in [3.63, 3.8) is 0 Å². The highest BCUT2D eigenvalue weighted by Gasteiger charge is 2.19. The lowest BCUT2D eigenvalue weighted by atomic mass is 10.2. The van der Waals surface area contributed by atoms with E-state index in [9.17, 15) is 13.2 Å². The molecule has 0 bridgehead atoms. The molecule has 1 atom stereocenters. The molecule has 1 N–H and O–H groups in total. The zero-order valence-electron chi connectivity index (χ0n) is 13.8. The second-order valence-electron chi connectivity index (χ2n) is 5.54. The van der Waals surface area contributed by atoms with Crippen LogP contribution in [0.3, 0.4) is 0 Å². The zero-order valence-corrected chi connectivity index (χ0v) is 14.6. The van der Waals surface area contributed by atoms with E-state index in [1.807, 2.05) is 13.8 Å². The lowest BCUT2D eigenvalue weighted by Crippen LogP contribution is -2.32. The Labute approximate surface area is 133 Å². The first-order chi connectivity index (χ1) is 10.3. The smallest absolute Gasteiger partial charge is 0.253 e. The van der Waals surface area contributed by atoms with Crippen LogP contribution < -0.4 is 4.72 Å². The van der Waals surface area contributed by atoms with E-state index >= 15 is 0 Å². The molecule has 0 radical (unpaired) electrons. The quantitative estimate of drug-likeness (QED) is 0.798. The molecule has 0 aliphatic heterocycles. The first kappa shape index (κ1) is 18.6. The number of unbranched alkanes of at least 4 members (excludes halogenated alkanes) is 1. The van der Waals surface area contributed by atoms with E-state index in [1.54, 1.807) is 24.1 Å². The summed E-state index contributed by atoms with van der Waals surface area (Å²) in [5, 5.41) is 0. The SMILES string of the molecule is CCCCN(C)C(=O)c1cccc(S(=O)(=O)NC(C)CC)c1. The number of amides is 1. The monoisotopic (exact) mass is 326 g/mol. The van der Waals surface area contributed by atoms with E-state index in [0.29, 0.717) is 18.5 Å². The van der Waals surface area contributed by atoms with Crippen LogP contribution in [-0.4, -0.2) is 38.9 Å². The number of rotatable bonds is 8. The van der Waals surface area contributed by atoms with Gasteiger partial charge in [-0.1, -0.05) is 26.3 Å². The van der Waals surface area contributed by atoms with Gasteiger partial charge in [-0.05, 0) is 38.0 Å². The van der Waals surface area contributed by atoms with Gasteiger partial charge in [0.25, 0.3) is 5.91 Å². The Morgan fingerprint density at radius 2 is 2.00 bits per heavy atom. The molecule has 0 saturated carbocycles. The number of nitrogens with one attached hydrogen (secondary N) is 1. The van der Waals surface area contributed by atoms with Gasteiger partial charge in [-0.2, -0.15) is 0 Å². The number of sulfonamides is 1. The molecule has 22 heavy (non-hydrogen) atoms. The van der Waals surface area contributed by atoms with Crippen molar-refractivity contribution in [2.45, 2.75) is 51.0 Å². The zero-order chi connectivity index (χ0) is 16.8. The molecule has 5 nitrogen and oxygen atoms in total. The Kier molecular flexibility index (Phi) is 7.03. The Balaban J connectivity index is 2.97. The average Bonchev–Trinajstić information content (AvgIpc) is 2.51. The van der Waals surface area contributed by atoms with Crippen molar-refractivity contribution in [3.05, 3.63) is 29.8 Å². The molecule has 0 aliphatic carbocycles. The summed E-state index contributed by atoms with van der Waals surface area (Å²) in [7, 11) is -1.86. The summed E-state index contributed by atoms with van der Waals surface area (Å²) in [6.45, 7) is 6.45. The molecular formula is C16H26N2O3S. The Morgan fingerprint density at radius 3 is 2.59 bits per heavy atom. The molecule has 1 aromatic carbocycles. The fourth-order valence-electron chi connectivity index (χ4n) is 1.93. The maximum Gasteiger partial charge on any atom is 0.253 e. The normalized spacial score (nSPS) is 12.9. The molecule has 1 aromatic rings. The van der Waals surface area contributed by atoms with Crippen LogP contribution in [-0.2, 0) is 10.0 Å². The fourth-order valence-corrected chi connectivity index (χ4v) is 3.30. The lowest BCUT2D eigenvalue weighted by Gasteiger charge is -2.17. The molecule has 1 amide bonds. The highest BCUT2D eigenvalue weighted by Crippen LogP contribution is 2.14. The second kappa shape index (κ2) is 8.29. The van der Waals surface area contributed by atoms with E-state index in [-0.39, 0.29) is 16.8 Å². The van der Waals surface area contributed by atoms with Gasteiger partial charge in [0.2, 0.25) is 10.0 Å². The summed E-state index contributed by atoms with van der Waals surface area (Å²) in [6.07, 6.45) is 2.64. The number of hydrogen-bond donors (Lipinski definition) is 1. The number of nitrogens with zero attached hydrogens (tertiary/aromatic N) is 1. The molecule has 124 valence electrons. The fraction of sp³-hybridized carbons (Fsp3) is 0.562. The van der Waals surface area contributed by atoms with Crippen LogP contribution in [0.15, 0.2) is 29.2 Å². The van der Waals surface area contributed by atoms with Crippen molar-refractivity contribution in [3.8, 4) is 0 Å². The molecule has 0 fully saturated rings. The van der Waals surface area contributed by atoms with E-state index in [4.69, 9.17) is 0 Å². The van der Waals surface area contributed by atoms with Crippen LogP contribution in [0.25, 0.3) is 0 Å². The van der Waals surface area contributed by atoms with Crippen LogP contribution in [0, 0.1) is 0 Å². The molecule has 0 heterocycles. The highest BCUT2D eigenvalue weighted by atomic mass is 32.2. The first-order valence-corrected chi connectivity index (χ1v) is 9.18. The van der Waals surface area contributed by atoms with Gasteiger partial charge in [-0.3, -0.25) is 4.79 Å². The highest BCUT2D eigenvalue weighted by molar-refractivity contribution is 7.89. The number of hydrogen-bond acceptors (Lipinski definition) is 3. The third-order valence-corrected chi connectivity index (χ3v) is 5.14. The van der Waals surface area contributed by atoms with Gasteiger partial charge < -0.3 is 4.90 Å². The third kappa shape index (κ3) is 5.10. The molecule has 0 spiro atoms. The predicted octanol–water partition coefficient (Wildman–Crippen LogP) is 2.64. The summed E-state index contributed by atoms with van der Waals surface area (Å²) >= 11 is 0. The molecule has 0 aliphatic rings. The molecule has 1 unspecified atom stereocenters. The Morgan fingerprint density at radius 1 is 1.32 bits per heavy atom. The van der Waals surface area contributed by atoms with Crippen LogP contribution in [0.4, 0.5) is 0 Å². The average molecular weight is 326 g/mol. The van der Waals surface area contributed by atoms with Gasteiger partial charge in [-0.15, -0.1) is 0 Å². The summed E-state index contributed by atoms with van der Waals surface area (Å²) in [5.74, 6) is -0.158. The second-order valence-corrected chi connectivity index (χ2v) is 7.25. The van der Waals surface area contributed by atoms with Gasteiger partial charge in [0.1, 0.15) is 0 Å². The Hall–Kier alpha value is -1.40. The molecular weight excluding hydrogens is 300 g/mol. The minimum Gasteiger partial charge on any atom is -0.342 e. The molecule has 0 saturated heterocycles. The maximum atomic E-state index is 12.3. The van der Waals surface area contributed by atoms with Crippen molar-refractivity contribution < 1.29 is 13.2 Å². The van der Waals surface area contributed by atoms with E-state index in [1.165, 1.54) is 12.1 Å². The maximum absolute atomic E-state index is 12.3. The van der Waals surface area contributed by atoms with Gasteiger partial charge in [-0.25, -0.2) is 13.1 Å². The minimum absolute atomic E-state index is 0.127. The van der Waals surface area contributed by atoms with Crippen molar-refractivity contribution >= 4 is 15.9 Å². The van der Waals surface area contributed by atoms with Crippen molar-refractivity contribution in [2.75, 3.05) is 13.6 Å². The van der Waals surface area contributed by atoms with Crippen molar-refractivity contribution in [1.29, 1.82) is 0 Å². The van der Waals surface area contributed by atoms with Crippen LogP contribution >= 0.6 is 0 Å². The van der Waals surface area contributed by atoms with Gasteiger partial charge in [0.15, 0.2) is 0 Å². The van der Waals surface area contributed by atoms with Crippen LogP contribution in [0.1, 0.15) is 50.4 Å². The number of carbonyl (C=O) groups excluding carboxylic acids is 1. The molecule has 1 rings (SSSR count). The Bertz CT molecular complexity index is 599. The van der Waals surface area contributed by atoms with E-state index < -0.39 is 10.0 Å². The van der Waals surface area contributed by atoms with Crippen molar-refractivity contribution in [1.82, 2.24) is 9.62 Å². The minimum atomic E-state index is -3.59.